The fourth-order valence-corrected chi connectivity index (χ4v) is 2.57. The molecule has 0 bridgehead atoms. The summed E-state index contributed by atoms with van der Waals surface area (Å²) in [6.07, 6.45) is 0.570. The van der Waals surface area contributed by atoms with Crippen LogP contribution in [0.3, 0.4) is 0 Å². The summed E-state index contributed by atoms with van der Waals surface area (Å²) in [4.78, 5) is 24.9. The zero-order valence-electron chi connectivity index (χ0n) is 12.6. The Morgan fingerprint density at radius 1 is 1.50 bits per heavy atom. The molecule has 1 aromatic rings. The van der Waals surface area contributed by atoms with Crippen molar-refractivity contribution in [3.05, 3.63) is 29.6 Å². The van der Waals surface area contributed by atoms with Gasteiger partial charge in [-0.15, -0.1) is 0 Å². The van der Waals surface area contributed by atoms with Gasteiger partial charge in [0, 0.05) is 18.7 Å². The quantitative estimate of drug-likeness (QED) is 0.882. The van der Waals surface area contributed by atoms with Gasteiger partial charge in [0.05, 0.1) is 19.1 Å². The first-order chi connectivity index (χ1) is 10.4. The average Bonchev–Trinajstić information content (AvgIpc) is 2.97. The Labute approximate surface area is 128 Å². The molecule has 1 aromatic carbocycles. The number of urea groups is 1. The molecular formula is C15H20FN3O3. The first-order valence-electron chi connectivity index (χ1n) is 7.10. The number of hydrogen-bond donors (Lipinski definition) is 2. The third-order valence-electron chi connectivity index (χ3n) is 3.88. The molecule has 0 spiro atoms. The molecule has 3 N–H and O–H groups in total. The number of nitrogens with one attached hydrogen (secondary N) is 1. The van der Waals surface area contributed by atoms with Crippen molar-refractivity contribution in [2.24, 2.45) is 11.7 Å². The fourth-order valence-electron chi connectivity index (χ4n) is 2.57. The summed E-state index contributed by atoms with van der Waals surface area (Å²) in [5.74, 6) is -0.586. The second-order valence-corrected chi connectivity index (χ2v) is 5.39. The van der Waals surface area contributed by atoms with E-state index >= 15 is 0 Å². The first-order valence-corrected chi connectivity index (χ1v) is 7.10. The minimum absolute atomic E-state index is 0.301. The molecule has 0 unspecified atom stereocenters. The van der Waals surface area contributed by atoms with Gasteiger partial charge in [0.1, 0.15) is 11.6 Å². The van der Waals surface area contributed by atoms with Crippen LogP contribution in [0.25, 0.3) is 0 Å². The van der Waals surface area contributed by atoms with Crippen molar-refractivity contribution in [2.75, 3.05) is 20.2 Å². The monoisotopic (exact) mass is 309 g/mol. The van der Waals surface area contributed by atoms with Gasteiger partial charge in [0.25, 0.3) is 0 Å². The third-order valence-corrected chi connectivity index (χ3v) is 3.88. The number of carbonyl (C=O) groups excluding carboxylic acids is 2. The zero-order chi connectivity index (χ0) is 16.3. The largest absolute Gasteiger partial charge is 0.496 e. The van der Waals surface area contributed by atoms with Crippen LogP contribution in [0.1, 0.15) is 24.9 Å². The summed E-state index contributed by atoms with van der Waals surface area (Å²) < 4.78 is 18.6. The van der Waals surface area contributed by atoms with Gasteiger partial charge < -0.3 is 20.7 Å². The lowest BCUT2D eigenvalue weighted by atomic mass is 10.1. The molecule has 2 atom stereocenters. The summed E-state index contributed by atoms with van der Waals surface area (Å²) in [7, 11) is 1.49. The van der Waals surface area contributed by atoms with Gasteiger partial charge in [0.15, 0.2) is 0 Å². The summed E-state index contributed by atoms with van der Waals surface area (Å²) in [6.45, 7) is 2.54. The van der Waals surface area contributed by atoms with Gasteiger partial charge in [-0.2, -0.15) is 0 Å². The molecule has 0 radical (unpaired) electrons. The number of nitrogens with zero attached hydrogens (tertiary/aromatic N) is 1. The molecule has 3 amide bonds. The molecule has 1 saturated heterocycles. The van der Waals surface area contributed by atoms with E-state index < -0.39 is 17.8 Å². The minimum atomic E-state index is -0.425. The van der Waals surface area contributed by atoms with Crippen LogP contribution in [0.2, 0.25) is 0 Å². The fraction of sp³-hybridized carbons (Fsp3) is 0.467. The molecule has 7 heteroatoms. The molecular weight excluding hydrogens is 289 g/mol. The lowest BCUT2D eigenvalue weighted by Gasteiger charge is -2.22. The van der Waals surface area contributed by atoms with Crippen LogP contribution in [0, 0.1) is 11.7 Å². The number of rotatable bonds is 4. The van der Waals surface area contributed by atoms with E-state index in [1.54, 1.807) is 6.92 Å². The predicted molar refractivity (Wildman–Crippen MR) is 78.8 cm³/mol. The third kappa shape index (κ3) is 3.47. The summed E-state index contributed by atoms with van der Waals surface area (Å²) >= 11 is 0. The van der Waals surface area contributed by atoms with Crippen molar-refractivity contribution in [3.8, 4) is 5.75 Å². The standard InChI is InChI=1S/C15H20FN3O3/c1-9(12-7-11(16)3-4-13(12)22-2)18-15(21)19-6-5-10(8-19)14(17)20/h3-4,7,9-10H,5-6,8H2,1-2H3,(H2,17,20)(H,18,21)/t9-,10-/m1/s1. The number of hydrogen-bond acceptors (Lipinski definition) is 3. The lowest BCUT2D eigenvalue weighted by molar-refractivity contribution is -0.121. The Kier molecular flexibility index (Phi) is 4.85. The normalized spacial score (nSPS) is 18.9. The molecule has 6 nitrogen and oxygen atoms in total. The summed E-state index contributed by atoms with van der Waals surface area (Å²) in [6, 6.07) is 3.43. The maximum Gasteiger partial charge on any atom is 0.317 e. The van der Waals surface area contributed by atoms with E-state index in [1.165, 1.54) is 30.2 Å². The Balaban J connectivity index is 2.03. The Morgan fingerprint density at radius 2 is 2.23 bits per heavy atom. The SMILES string of the molecule is COc1ccc(F)cc1[C@@H](C)NC(=O)N1CC[C@@H](C(N)=O)C1. The van der Waals surface area contributed by atoms with Crippen molar-refractivity contribution in [1.82, 2.24) is 10.2 Å². The van der Waals surface area contributed by atoms with Gasteiger partial charge in [-0.3, -0.25) is 4.79 Å². The smallest absolute Gasteiger partial charge is 0.317 e. The van der Waals surface area contributed by atoms with Crippen LogP contribution < -0.4 is 15.8 Å². The van der Waals surface area contributed by atoms with E-state index in [4.69, 9.17) is 10.5 Å². The van der Waals surface area contributed by atoms with E-state index in [0.29, 0.717) is 30.8 Å². The van der Waals surface area contributed by atoms with Gasteiger partial charge in [0.2, 0.25) is 5.91 Å². The van der Waals surface area contributed by atoms with Crippen LogP contribution in [-0.2, 0) is 4.79 Å². The number of likely N-dealkylation sites (tertiary alicyclic amines) is 1. The molecule has 0 aliphatic carbocycles. The number of methoxy groups -OCH3 is 1. The first kappa shape index (κ1) is 16.1. The number of benzene rings is 1. The van der Waals surface area contributed by atoms with Gasteiger partial charge in [-0.1, -0.05) is 0 Å². The van der Waals surface area contributed by atoms with Crippen molar-refractivity contribution in [1.29, 1.82) is 0 Å². The Morgan fingerprint density at radius 3 is 2.82 bits per heavy atom. The molecule has 120 valence electrons. The average molecular weight is 309 g/mol. The summed E-state index contributed by atoms with van der Waals surface area (Å²) in [5.41, 5.74) is 5.81. The second-order valence-electron chi connectivity index (χ2n) is 5.39. The number of ether oxygens (including phenoxy) is 1. The molecule has 0 saturated carbocycles. The number of carbonyl (C=O) groups is 2. The molecule has 0 aromatic heterocycles. The van der Waals surface area contributed by atoms with Crippen LogP contribution in [0.4, 0.5) is 9.18 Å². The van der Waals surface area contributed by atoms with E-state index in [2.05, 4.69) is 5.32 Å². The van der Waals surface area contributed by atoms with Crippen molar-refractivity contribution >= 4 is 11.9 Å². The van der Waals surface area contributed by atoms with Crippen LogP contribution in [-0.4, -0.2) is 37.0 Å². The van der Waals surface area contributed by atoms with Crippen molar-refractivity contribution in [2.45, 2.75) is 19.4 Å². The number of amides is 3. The topological polar surface area (TPSA) is 84.7 Å². The van der Waals surface area contributed by atoms with Crippen molar-refractivity contribution in [3.63, 3.8) is 0 Å². The second kappa shape index (κ2) is 6.64. The number of halogens is 1. The van der Waals surface area contributed by atoms with Gasteiger partial charge in [-0.25, -0.2) is 9.18 Å². The van der Waals surface area contributed by atoms with Crippen LogP contribution >= 0.6 is 0 Å². The molecule has 1 aliphatic heterocycles. The predicted octanol–water partition coefficient (Wildman–Crippen LogP) is 1.41. The van der Waals surface area contributed by atoms with E-state index in [-0.39, 0.29) is 11.9 Å². The molecule has 1 heterocycles. The maximum atomic E-state index is 13.4. The number of nitrogens with two attached hydrogens (primary N) is 1. The summed E-state index contributed by atoms with van der Waals surface area (Å²) in [5, 5.41) is 2.79. The zero-order valence-corrected chi connectivity index (χ0v) is 12.6. The highest BCUT2D eigenvalue weighted by Gasteiger charge is 2.30. The van der Waals surface area contributed by atoms with Gasteiger partial charge >= 0.3 is 6.03 Å². The Hall–Kier alpha value is -2.31. The highest BCUT2D eigenvalue weighted by Crippen LogP contribution is 2.26. The van der Waals surface area contributed by atoms with Crippen molar-refractivity contribution < 1.29 is 18.7 Å². The minimum Gasteiger partial charge on any atom is -0.496 e. The highest BCUT2D eigenvalue weighted by atomic mass is 19.1. The van der Waals surface area contributed by atoms with Gasteiger partial charge in [-0.05, 0) is 31.5 Å². The molecule has 22 heavy (non-hydrogen) atoms. The molecule has 2 rings (SSSR count). The van der Waals surface area contributed by atoms with E-state index in [1.807, 2.05) is 0 Å². The van der Waals surface area contributed by atoms with E-state index in [9.17, 15) is 14.0 Å². The molecule has 1 aliphatic rings. The van der Waals surface area contributed by atoms with Crippen LogP contribution in [0.5, 0.6) is 5.75 Å². The Bertz CT molecular complexity index is 579. The van der Waals surface area contributed by atoms with Crippen LogP contribution in [0.15, 0.2) is 18.2 Å². The maximum absolute atomic E-state index is 13.4. The number of primary amides is 1. The highest BCUT2D eigenvalue weighted by molar-refractivity contribution is 5.80. The molecule has 1 fully saturated rings. The van der Waals surface area contributed by atoms with E-state index in [0.717, 1.165) is 0 Å². The lowest BCUT2D eigenvalue weighted by Crippen LogP contribution is -2.40.